The van der Waals surface area contributed by atoms with E-state index in [0.717, 1.165) is 32.0 Å². The van der Waals surface area contributed by atoms with E-state index >= 15 is 0 Å². The van der Waals surface area contributed by atoms with Crippen molar-refractivity contribution in [3.63, 3.8) is 0 Å². The van der Waals surface area contributed by atoms with Gasteiger partial charge in [0.15, 0.2) is 5.82 Å². The monoisotopic (exact) mass is 405 g/mol. The van der Waals surface area contributed by atoms with Crippen LogP contribution in [0.2, 0.25) is 0 Å². The van der Waals surface area contributed by atoms with Crippen LogP contribution >= 0.6 is 0 Å². The molecule has 152 valence electrons. The minimum absolute atomic E-state index is 0.0815. The van der Waals surface area contributed by atoms with E-state index in [4.69, 9.17) is 4.52 Å². The Balaban J connectivity index is 1.78. The van der Waals surface area contributed by atoms with Crippen molar-refractivity contribution >= 4 is 12.2 Å². The van der Waals surface area contributed by atoms with E-state index in [2.05, 4.69) is 15.0 Å². The molecular weight excluding hydrogens is 388 g/mol. The Kier molecular flexibility index (Phi) is 5.78. The molecule has 4 nitrogen and oxygen atoms in total. The number of benzene rings is 1. The molecule has 0 unspecified atom stereocenters. The molecule has 3 rings (SSSR count). The summed E-state index contributed by atoms with van der Waals surface area (Å²) in [7, 11) is 0. The number of nitrogens with zero attached hydrogens (tertiary/aromatic N) is 3. The molecule has 0 spiro atoms. The molecule has 2 heterocycles. The Morgan fingerprint density at radius 3 is 2.07 bits per heavy atom. The van der Waals surface area contributed by atoms with Crippen molar-refractivity contribution in [2.24, 2.45) is 0 Å². The summed E-state index contributed by atoms with van der Waals surface area (Å²) in [4.78, 5) is 6.26. The summed E-state index contributed by atoms with van der Waals surface area (Å²) in [6, 6.07) is 1.36. The van der Waals surface area contributed by atoms with Crippen LogP contribution in [0, 0.1) is 0 Å². The third-order valence-corrected chi connectivity index (χ3v) is 4.33. The zero-order chi connectivity index (χ0) is 20.4. The average molecular weight is 405 g/mol. The van der Waals surface area contributed by atoms with E-state index in [1.165, 1.54) is 12.5 Å². The van der Waals surface area contributed by atoms with E-state index in [1.54, 1.807) is 0 Å². The van der Waals surface area contributed by atoms with Crippen molar-refractivity contribution in [3.05, 3.63) is 46.6 Å². The van der Waals surface area contributed by atoms with Crippen molar-refractivity contribution < 1.29 is 30.9 Å². The second-order valence-corrected chi connectivity index (χ2v) is 6.56. The Morgan fingerprint density at radius 2 is 1.50 bits per heavy atom. The molecule has 0 radical (unpaired) electrons. The first kappa shape index (κ1) is 20.4. The fraction of sp³-hybridized carbons (Fsp3) is 0.444. The van der Waals surface area contributed by atoms with Gasteiger partial charge in [-0.25, -0.2) is 0 Å². The molecule has 0 N–H and O–H groups in total. The predicted molar refractivity (Wildman–Crippen MR) is 88.8 cm³/mol. The normalized spacial score (nSPS) is 16.8. The average Bonchev–Trinajstić information content (AvgIpc) is 3.06. The number of hydrogen-bond donors (Lipinski definition) is 0. The summed E-state index contributed by atoms with van der Waals surface area (Å²) in [5.74, 6) is 0.430. The van der Waals surface area contributed by atoms with Gasteiger partial charge in [0.1, 0.15) is 0 Å². The molecule has 28 heavy (non-hydrogen) atoms. The fourth-order valence-corrected chi connectivity index (χ4v) is 2.95. The molecule has 1 aromatic heterocycles. The lowest BCUT2D eigenvalue weighted by atomic mass is 10.0. The molecule has 10 heteroatoms. The first-order valence-corrected chi connectivity index (χ1v) is 8.64. The maximum atomic E-state index is 12.9. The fourth-order valence-electron chi connectivity index (χ4n) is 2.95. The Bertz CT molecular complexity index is 802. The van der Waals surface area contributed by atoms with Gasteiger partial charge in [-0.1, -0.05) is 17.7 Å². The second-order valence-electron chi connectivity index (χ2n) is 6.56. The number of likely N-dealkylation sites (tertiary alicyclic amines) is 1. The molecule has 0 aliphatic carbocycles. The van der Waals surface area contributed by atoms with E-state index < -0.39 is 23.5 Å². The molecule has 0 saturated carbocycles. The van der Waals surface area contributed by atoms with Crippen molar-refractivity contribution in [1.29, 1.82) is 0 Å². The van der Waals surface area contributed by atoms with Crippen molar-refractivity contribution in [3.8, 4) is 0 Å². The quantitative estimate of drug-likeness (QED) is 0.651. The summed E-state index contributed by atoms with van der Waals surface area (Å²) in [5.41, 5.74) is -3.01. The van der Waals surface area contributed by atoms with Gasteiger partial charge < -0.3 is 4.52 Å². The van der Waals surface area contributed by atoms with Crippen LogP contribution in [0.15, 0.2) is 22.7 Å². The number of hydrogen-bond acceptors (Lipinski definition) is 4. The van der Waals surface area contributed by atoms with E-state index in [0.29, 0.717) is 24.6 Å². The molecule has 1 fully saturated rings. The van der Waals surface area contributed by atoms with Crippen LogP contribution in [0.1, 0.15) is 47.7 Å². The van der Waals surface area contributed by atoms with Crippen LogP contribution in [0.3, 0.4) is 0 Å². The number of aromatic nitrogens is 2. The van der Waals surface area contributed by atoms with Gasteiger partial charge in [-0.2, -0.15) is 31.3 Å². The van der Waals surface area contributed by atoms with Crippen LogP contribution in [-0.4, -0.2) is 28.1 Å². The first-order valence-electron chi connectivity index (χ1n) is 8.64. The molecule has 2 aromatic rings. The molecule has 1 aliphatic rings. The van der Waals surface area contributed by atoms with E-state index in [1.807, 2.05) is 0 Å². The Labute approximate surface area is 156 Å². The van der Waals surface area contributed by atoms with E-state index in [-0.39, 0.29) is 17.5 Å². The molecule has 1 aromatic carbocycles. The highest BCUT2D eigenvalue weighted by molar-refractivity contribution is 5.67. The molecule has 1 saturated heterocycles. The molecule has 0 amide bonds. The maximum absolute atomic E-state index is 12.9. The highest BCUT2D eigenvalue weighted by Gasteiger charge is 2.36. The van der Waals surface area contributed by atoms with Crippen LogP contribution in [-0.2, 0) is 18.9 Å². The lowest BCUT2D eigenvalue weighted by molar-refractivity contribution is -0.143. The van der Waals surface area contributed by atoms with Gasteiger partial charge >= 0.3 is 12.4 Å². The van der Waals surface area contributed by atoms with Crippen LogP contribution in [0.25, 0.3) is 12.2 Å². The Morgan fingerprint density at radius 1 is 0.893 bits per heavy atom. The number of alkyl halides is 6. The number of piperidine rings is 1. The summed E-state index contributed by atoms with van der Waals surface area (Å²) in [6.07, 6.45) is -4.13. The standard InChI is InChI=1S/C18H17F6N3O/c19-17(20,21)13-8-12(9-14(10-13)18(22,23)24)4-5-15-25-16(28-26-15)11-27-6-2-1-3-7-27/h4-5,8-10H,1-3,6-7,11H2/b5-4+. The van der Waals surface area contributed by atoms with Crippen molar-refractivity contribution in [1.82, 2.24) is 15.0 Å². The zero-order valence-corrected chi connectivity index (χ0v) is 14.6. The minimum Gasteiger partial charge on any atom is -0.338 e. The molecular formula is C18H17F6N3O. The maximum Gasteiger partial charge on any atom is 0.416 e. The number of halogens is 6. The number of rotatable bonds is 4. The van der Waals surface area contributed by atoms with Gasteiger partial charge in [-0.15, -0.1) is 0 Å². The smallest absolute Gasteiger partial charge is 0.338 e. The van der Waals surface area contributed by atoms with Crippen LogP contribution in [0.4, 0.5) is 26.3 Å². The summed E-state index contributed by atoms with van der Waals surface area (Å²) >= 11 is 0. The van der Waals surface area contributed by atoms with Gasteiger partial charge in [-0.3, -0.25) is 4.90 Å². The predicted octanol–water partition coefficient (Wildman–Crippen LogP) is 5.26. The van der Waals surface area contributed by atoms with Crippen molar-refractivity contribution in [2.45, 2.75) is 38.2 Å². The summed E-state index contributed by atoms with van der Waals surface area (Å²) in [6.45, 7) is 2.29. The first-order chi connectivity index (χ1) is 13.1. The topological polar surface area (TPSA) is 42.2 Å². The third-order valence-electron chi connectivity index (χ3n) is 4.33. The molecule has 0 bridgehead atoms. The van der Waals surface area contributed by atoms with Gasteiger partial charge in [-0.05, 0) is 55.8 Å². The van der Waals surface area contributed by atoms with E-state index in [9.17, 15) is 26.3 Å². The second kappa shape index (κ2) is 7.94. The van der Waals surface area contributed by atoms with Gasteiger partial charge in [0.05, 0.1) is 17.7 Å². The zero-order valence-electron chi connectivity index (χ0n) is 14.6. The highest BCUT2D eigenvalue weighted by atomic mass is 19.4. The Hall–Kier alpha value is -2.36. The van der Waals surface area contributed by atoms with Gasteiger partial charge in [0.2, 0.25) is 5.89 Å². The summed E-state index contributed by atoms with van der Waals surface area (Å²) < 4.78 is 82.4. The minimum atomic E-state index is -4.89. The van der Waals surface area contributed by atoms with Crippen molar-refractivity contribution in [2.75, 3.05) is 13.1 Å². The lowest BCUT2D eigenvalue weighted by Crippen LogP contribution is -2.29. The highest BCUT2D eigenvalue weighted by Crippen LogP contribution is 2.36. The third kappa shape index (κ3) is 5.34. The van der Waals surface area contributed by atoms with Crippen LogP contribution < -0.4 is 0 Å². The summed E-state index contributed by atoms with van der Waals surface area (Å²) in [5, 5.41) is 3.70. The lowest BCUT2D eigenvalue weighted by Gasteiger charge is -2.24. The van der Waals surface area contributed by atoms with Gasteiger partial charge in [0.25, 0.3) is 0 Å². The largest absolute Gasteiger partial charge is 0.416 e. The van der Waals surface area contributed by atoms with Gasteiger partial charge in [0, 0.05) is 0 Å². The molecule has 0 atom stereocenters. The molecule has 1 aliphatic heterocycles. The van der Waals surface area contributed by atoms with Crippen LogP contribution in [0.5, 0.6) is 0 Å². The SMILES string of the molecule is FC(F)(F)c1cc(/C=C/c2noc(CN3CCCCC3)n2)cc(C(F)(F)F)c1.